The lowest BCUT2D eigenvalue weighted by molar-refractivity contribution is 0.429. The van der Waals surface area contributed by atoms with Gasteiger partial charge in [-0.05, 0) is 66.7 Å². The van der Waals surface area contributed by atoms with Crippen LogP contribution in [0, 0.1) is 6.92 Å². The van der Waals surface area contributed by atoms with Crippen molar-refractivity contribution in [2.45, 2.75) is 44.6 Å². The minimum atomic E-state index is 0.270. The molecule has 0 fully saturated rings. The molecule has 0 spiro atoms. The Bertz CT molecular complexity index is 576. The first-order chi connectivity index (χ1) is 9.79. The second-order valence-electron chi connectivity index (χ2n) is 5.71. The standard InChI is InChI=1S/C17H22N2S/c1-12-9-10-20-17(12)16(19-18)11-14-7-4-6-13-5-2-3-8-15(13)14/h2-3,5,8-10,14,16,19H,4,6-7,11,18H2,1H3. The van der Waals surface area contributed by atoms with Gasteiger partial charge in [0.2, 0.25) is 0 Å². The Balaban J connectivity index is 1.82. The average molecular weight is 286 g/mol. The third kappa shape index (κ3) is 2.66. The lowest BCUT2D eigenvalue weighted by Crippen LogP contribution is -2.29. The van der Waals surface area contributed by atoms with E-state index in [1.165, 1.54) is 40.8 Å². The molecule has 1 aliphatic rings. The summed E-state index contributed by atoms with van der Waals surface area (Å²) in [5, 5.41) is 2.16. The maximum Gasteiger partial charge on any atom is 0.0561 e. The summed E-state index contributed by atoms with van der Waals surface area (Å²) in [6.07, 6.45) is 4.89. The van der Waals surface area contributed by atoms with Gasteiger partial charge >= 0.3 is 0 Å². The fourth-order valence-electron chi connectivity index (χ4n) is 3.38. The summed E-state index contributed by atoms with van der Waals surface area (Å²) in [7, 11) is 0. The van der Waals surface area contributed by atoms with Crippen molar-refractivity contribution in [2.75, 3.05) is 0 Å². The highest BCUT2D eigenvalue weighted by atomic mass is 32.1. The number of hydrogen-bond donors (Lipinski definition) is 2. The maximum atomic E-state index is 5.83. The van der Waals surface area contributed by atoms with E-state index in [0.717, 1.165) is 6.42 Å². The topological polar surface area (TPSA) is 38.0 Å². The second kappa shape index (κ2) is 6.08. The van der Waals surface area contributed by atoms with Crippen LogP contribution in [-0.4, -0.2) is 0 Å². The predicted molar refractivity (Wildman–Crippen MR) is 85.9 cm³/mol. The lowest BCUT2D eigenvalue weighted by atomic mass is 9.79. The number of rotatable bonds is 4. The number of hydrogen-bond acceptors (Lipinski definition) is 3. The fraction of sp³-hybridized carbons (Fsp3) is 0.412. The van der Waals surface area contributed by atoms with Gasteiger partial charge in [-0.3, -0.25) is 11.3 Å². The van der Waals surface area contributed by atoms with E-state index in [-0.39, 0.29) is 6.04 Å². The van der Waals surface area contributed by atoms with Crippen LogP contribution in [0.4, 0.5) is 0 Å². The summed E-state index contributed by atoms with van der Waals surface area (Å²) in [4.78, 5) is 1.38. The highest BCUT2D eigenvalue weighted by Gasteiger charge is 2.24. The van der Waals surface area contributed by atoms with Gasteiger partial charge in [-0.2, -0.15) is 0 Å². The molecule has 2 nitrogen and oxygen atoms in total. The Kier molecular flexibility index (Phi) is 4.20. The van der Waals surface area contributed by atoms with Gasteiger partial charge in [-0.15, -0.1) is 11.3 Å². The van der Waals surface area contributed by atoms with Crippen LogP contribution in [-0.2, 0) is 6.42 Å². The Morgan fingerprint density at radius 3 is 2.95 bits per heavy atom. The fourth-order valence-corrected chi connectivity index (χ4v) is 4.38. The number of fused-ring (bicyclic) bond motifs is 1. The highest BCUT2D eigenvalue weighted by Crippen LogP contribution is 2.39. The van der Waals surface area contributed by atoms with Crippen LogP contribution in [0.25, 0.3) is 0 Å². The maximum absolute atomic E-state index is 5.83. The summed E-state index contributed by atoms with van der Waals surface area (Å²) in [6.45, 7) is 2.17. The normalized spacial score (nSPS) is 19.6. The van der Waals surface area contributed by atoms with E-state index >= 15 is 0 Å². The number of benzene rings is 1. The molecule has 1 aliphatic carbocycles. The van der Waals surface area contributed by atoms with Crippen LogP contribution < -0.4 is 11.3 Å². The van der Waals surface area contributed by atoms with Crippen LogP contribution >= 0.6 is 11.3 Å². The van der Waals surface area contributed by atoms with Crippen LogP contribution in [0.3, 0.4) is 0 Å². The third-order valence-electron chi connectivity index (χ3n) is 4.43. The molecule has 1 heterocycles. The first-order valence-electron chi connectivity index (χ1n) is 7.37. The molecule has 3 N–H and O–H groups in total. The quantitative estimate of drug-likeness (QED) is 0.657. The molecular formula is C17H22N2S. The smallest absolute Gasteiger partial charge is 0.0561 e. The molecule has 2 atom stereocenters. The van der Waals surface area contributed by atoms with Crippen molar-refractivity contribution in [3.05, 3.63) is 57.3 Å². The Hall–Kier alpha value is -1.16. The van der Waals surface area contributed by atoms with E-state index in [0.29, 0.717) is 5.92 Å². The van der Waals surface area contributed by atoms with Gasteiger partial charge in [-0.1, -0.05) is 24.3 Å². The first kappa shape index (κ1) is 13.8. The SMILES string of the molecule is Cc1ccsc1C(CC1CCCc2ccccc21)NN. The summed E-state index contributed by atoms with van der Waals surface area (Å²) >= 11 is 1.81. The number of thiophene rings is 1. The van der Waals surface area contributed by atoms with Gasteiger partial charge in [-0.25, -0.2) is 0 Å². The largest absolute Gasteiger partial charge is 0.271 e. The van der Waals surface area contributed by atoms with E-state index in [2.05, 4.69) is 48.1 Å². The molecule has 0 bridgehead atoms. The zero-order valence-electron chi connectivity index (χ0n) is 11.9. The van der Waals surface area contributed by atoms with E-state index in [9.17, 15) is 0 Å². The van der Waals surface area contributed by atoms with Gasteiger partial charge in [0.25, 0.3) is 0 Å². The van der Waals surface area contributed by atoms with Crippen molar-refractivity contribution in [2.24, 2.45) is 5.84 Å². The molecule has 1 aromatic carbocycles. The van der Waals surface area contributed by atoms with Gasteiger partial charge in [0.15, 0.2) is 0 Å². The highest BCUT2D eigenvalue weighted by molar-refractivity contribution is 7.10. The lowest BCUT2D eigenvalue weighted by Gasteiger charge is -2.28. The molecule has 2 unspecified atom stereocenters. The number of hydrazine groups is 1. The van der Waals surface area contributed by atoms with Crippen LogP contribution in [0.5, 0.6) is 0 Å². The zero-order chi connectivity index (χ0) is 13.9. The Morgan fingerprint density at radius 1 is 1.35 bits per heavy atom. The monoisotopic (exact) mass is 286 g/mol. The molecule has 0 aliphatic heterocycles. The van der Waals surface area contributed by atoms with E-state index in [4.69, 9.17) is 5.84 Å². The molecule has 1 aromatic heterocycles. The van der Waals surface area contributed by atoms with Gasteiger partial charge in [0.05, 0.1) is 6.04 Å². The molecule has 0 saturated heterocycles. The van der Waals surface area contributed by atoms with Crippen LogP contribution in [0.2, 0.25) is 0 Å². The molecular weight excluding hydrogens is 264 g/mol. The molecule has 2 aromatic rings. The van der Waals surface area contributed by atoms with Crippen molar-refractivity contribution < 1.29 is 0 Å². The summed E-state index contributed by atoms with van der Waals surface area (Å²) in [6, 6.07) is 11.4. The minimum Gasteiger partial charge on any atom is -0.271 e. The molecule has 3 rings (SSSR count). The summed E-state index contributed by atoms with van der Waals surface area (Å²) in [5.74, 6) is 6.45. The molecule has 0 radical (unpaired) electrons. The van der Waals surface area contributed by atoms with Gasteiger partial charge in [0.1, 0.15) is 0 Å². The van der Waals surface area contributed by atoms with Crippen LogP contribution in [0.1, 0.15) is 52.8 Å². The Morgan fingerprint density at radius 2 is 2.20 bits per heavy atom. The van der Waals surface area contributed by atoms with Crippen molar-refractivity contribution in [1.82, 2.24) is 5.43 Å². The molecule has 0 saturated carbocycles. The molecule has 3 heteroatoms. The summed E-state index contributed by atoms with van der Waals surface area (Å²) in [5.41, 5.74) is 7.45. The van der Waals surface area contributed by atoms with E-state index < -0.39 is 0 Å². The molecule has 0 amide bonds. The Labute approximate surface area is 125 Å². The second-order valence-corrected chi connectivity index (χ2v) is 6.66. The number of aryl methyl sites for hydroxylation is 2. The van der Waals surface area contributed by atoms with Crippen molar-refractivity contribution in [1.29, 1.82) is 0 Å². The van der Waals surface area contributed by atoms with Gasteiger partial charge < -0.3 is 0 Å². The molecule has 20 heavy (non-hydrogen) atoms. The first-order valence-corrected chi connectivity index (χ1v) is 8.25. The van der Waals surface area contributed by atoms with E-state index in [1.807, 2.05) is 11.3 Å². The minimum absolute atomic E-state index is 0.270. The van der Waals surface area contributed by atoms with E-state index in [1.54, 1.807) is 0 Å². The number of nitrogens with one attached hydrogen (secondary N) is 1. The van der Waals surface area contributed by atoms with Crippen molar-refractivity contribution in [3.63, 3.8) is 0 Å². The number of nitrogens with two attached hydrogens (primary N) is 1. The van der Waals surface area contributed by atoms with Crippen molar-refractivity contribution >= 4 is 11.3 Å². The van der Waals surface area contributed by atoms with Gasteiger partial charge in [0, 0.05) is 4.88 Å². The van der Waals surface area contributed by atoms with Crippen LogP contribution in [0.15, 0.2) is 35.7 Å². The van der Waals surface area contributed by atoms with Crippen molar-refractivity contribution in [3.8, 4) is 0 Å². The zero-order valence-corrected chi connectivity index (χ0v) is 12.7. The third-order valence-corrected chi connectivity index (χ3v) is 5.57. The average Bonchev–Trinajstić information content (AvgIpc) is 2.91. The molecule has 106 valence electrons. The summed E-state index contributed by atoms with van der Waals surface area (Å²) < 4.78 is 0. The predicted octanol–water partition coefficient (Wildman–Crippen LogP) is 4.07.